The monoisotopic (exact) mass is 422 g/mol. The molecule has 5 nitrogen and oxygen atoms in total. The third-order valence-corrected chi connectivity index (χ3v) is 6.79. The van der Waals surface area contributed by atoms with Gasteiger partial charge in [-0.15, -0.1) is 0 Å². The molecule has 1 N–H and O–H groups in total. The molecule has 3 aromatic rings. The zero-order valence-electron chi connectivity index (χ0n) is 17.4. The lowest BCUT2D eigenvalue weighted by atomic mass is 10.1. The van der Waals surface area contributed by atoms with E-state index in [1.165, 1.54) is 16.9 Å². The number of anilines is 2. The fourth-order valence-corrected chi connectivity index (χ4v) is 4.24. The lowest BCUT2D eigenvalue weighted by Crippen LogP contribution is -2.26. The van der Waals surface area contributed by atoms with Crippen LogP contribution in [-0.2, 0) is 27.7 Å². The molecule has 0 unspecified atom stereocenters. The highest BCUT2D eigenvalue weighted by Crippen LogP contribution is 2.23. The van der Waals surface area contributed by atoms with Crippen molar-refractivity contribution >= 4 is 27.3 Å². The second kappa shape index (κ2) is 9.13. The molecule has 30 heavy (non-hydrogen) atoms. The Labute approximate surface area is 178 Å². The molecule has 0 heterocycles. The number of sulfonamides is 1. The molecule has 0 saturated heterocycles. The van der Waals surface area contributed by atoms with Gasteiger partial charge in [0, 0.05) is 12.7 Å². The van der Waals surface area contributed by atoms with Crippen LogP contribution in [0.25, 0.3) is 0 Å². The highest BCUT2D eigenvalue weighted by atomic mass is 32.2. The van der Waals surface area contributed by atoms with E-state index in [1.807, 2.05) is 31.2 Å². The van der Waals surface area contributed by atoms with Crippen molar-refractivity contribution in [2.24, 2.45) is 0 Å². The maximum absolute atomic E-state index is 12.8. The highest BCUT2D eigenvalue weighted by molar-refractivity contribution is 7.92. The quantitative estimate of drug-likeness (QED) is 0.607. The number of rotatable bonds is 7. The summed E-state index contributed by atoms with van der Waals surface area (Å²) >= 11 is 0. The molecular formula is C24H26N2O3S. The summed E-state index contributed by atoms with van der Waals surface area (Å²) in [4.78, 5) is 12.6. The molecule has 0 fully saturated rings. The first kappa shape index (κ1) is 21.6. The van der Waals surface area contributed by atoms with Crippen LogP contribution in [0.1, 0.15) is 23.6 Å². The minimum Gasteiger partial charge on any atom is -0.326 e. The lowest BCUT2D eigenvalue weighted by Gasteiger charge is -2.20. The van der Waals surface area contributed by atoms with Crippen LogP contribution in [0.4, 0.5) is 11.4 Å². The van der Waals surface area contributed by atoms with Gasteiger partial charge in [0.2, 0.25) is 5.91 Å². The van der Waals surface area contributed by atoms with Crippen LogP contribution in [-0.4, -0.2) is 21.4 Å². The van der Waals surface area contributed by atoms with E-state index in [-0.39, 0.29) is 17.2 Å². The van der Waals surface area contributed by atoms with Crippen LogP contribution in [0.3, 0.4) is 0 Å². The third-order valence-electron chi connectivity index (χ3n) is 4.99. The Hall–Kier alpha value is -3.12. The Morgan fingerprint density at radius 2 is 1.43 bits per heavy atom. The molecular weight excluding hydrogens is 396 g/mol. The van der Waals surface area contributed by atoms with Crippen molar-refractivity contribution in [1.82, 2.24) is 0 Å². The Morgan fingerprint density at radius 3 is 2.00 bits per heavy atom. The first-order valence-electron chi connectivity index (χ1n) is 9.83. The van der Waals surface area contributed by atoms with Gasteiger partial charge in [-0.1, -0.05) is 48.9 Å². The molecule has 6 heteroatoms. The first-order chi connectivity index (χ1) is 14.3. The highest BCUT2D eigenvalue weighted by Gasteiger charge is 2.21. The van der Waals surface area contributed by atoms with Gasteiger partial charge in [0.25, 0.3) is 10.0 Å². The van der Waals surface area contributed by atoms with Gasteiger partial charge in [-0.2, -0.15) is 0 Å². The number of aryl methyl sites for hydroxylation is 2. The second-order valence-electron chi connectivity index (χ2n) is 7.23. The predicted molar refractivity (Wildman–Crippen MR) is 121 cm³/mol. The van der Waals surface area contributed by atoms with Gasteiger partial charge in [0.1, 0.15) is 0 Å². The summed E-state index contributed by atoms with van der Waals surface area (Å²) in [6.45, 7) is 4.00. The van der Waals surface area contributed by atoms with Gasteiger partial charge < -0.3 is 5.32 Å². The van der Waals surface area contributed by atoms with Crippen molar-refractivity contribution in [3.8, 4) is 0 Å². The number of amides is 1. The van der Waals surface area contributed by atoms with E-state index in [0.29, 0.717) is 5.69 Å². The van der Waals surface area contributed by atoms with Gasteiger partial charge in [0.15, 0.2) is 0 Å². The molecule has 0 saturated carbocycles. The number of hydrogen-bond acceptors (Lipinski definition) is 3. The molecule has 0 aromatic heterocycles. The van der Waals surface area contributed by atoms with E-state index in [1.54, 1.807) is 48.5 Å². The Morgan fingerprint density at radius 1 is 0.867 bits per heavy atom. The summed E-state index contributed by atoms with van der Waals surface area (Å²) in [6.07, 6.45) is 1.17. The van der Waals surface area contributed by atoms with Crippen molar-refractivity contribution in [1.29, 1.82) is 0 Å². The summed E-state index contributed by atoms with van der Waals surface area (Å²) in [5, 5.41) is 2.88. The number of carbonyl (C=O) groups is 1. The topological polar surface area (TPSA) is 66.5 Å². The van der Waals surface area contributed by atoms with Crippen molar-refractivity contribution in [2.75, 3.05) is 16.7 Å². The lowest BCUT2D eigenvalue weighted by molar-refractivity contribution is -0.115. The average molecular weight is 423 g/mol. The van der Waals surface area contributed by atoms with Crippen molar-refractivity contribution in [3.05, 3.63) is 89.5 Å². The van der Waals surface area contributed by atoms with Crippen molar-refractivity contribution in [3.63, 3.8) is 0 Å². The molecule has 0 atom stereocenters. The summed E-state index contributed by atoms with van der Waals surface area (Å²) in [7, 11) is -2.11. The molecule has 0 spiro atoms. The fraction of sp³-hybridized carbons (Fsp3) is 0.208. The number of carbonyl (C=O) groups excluding carboxylic acids is 1. The Balaban J connectivity index is 1.66. The van der Waals surface area contributed by atoms with Crippen molar-refractivity contribution in [2.45, 2.75) is 31.6 Å². The van der Waals surface area contributed by atoms with Crippen LogP contribution in [0, 0.1) is 6.92 Å². The van der Waals surface area contributed by atoms with Crippen LogP contribution in [0.15, 0.2) is 77.7 Å². The number of hydrogen-bond donors (Lipinski definition) is 1. The SMILES string of the molecule is CCc1ccc(NC(=O)Cc2ccc(N(C)S(=O)(=O)c3ccc(C)cc3)cc2)cc1. The molecule has 0 radical (unpaired) electrons. The summed E-state index contributed by atoms with van der Waals surface area (Å²) in [5.74, 6) is -0.118. The van der Waals surface area contributed by atoms with E-state index in [2.05, 4.69) is 12.2 Å². The minimum atomic E-state index is -3.64. The first-order valence-corrected chi connectivity index (χ1v) is 11.3. The second-order valence-corrected chi connectivity index (χ2v) is 9.20. The third kappa shape index (κ3) is 5.07. The molecule has 0 aliphatic rings. The zero-order chi connectivity index (χ0) is 21.7. The van der Waals surface area contributed by atoms with E-state index >= 15 is 0 Å². The van der Waals surface area contributed by atoms with Gasteiger partial charge in [-0.25, -0.2) is 8.42 Å². The summed E-state index contributed by atoms with van der Waals surface area (Å²) < 4.78 is 26.9. The zero-order valence-corrected chi connectivity index (χ0v) is 18.2. The number of nitrogens with zero attached hydrogens (tertiary/aromatic N) is 1. The predicted octanol–water partition coefficient (Wildman–Crippen LogP) is 4.56. The van der Waals surface area contributed by atoms with Crippen LogP contribution >= 0.6 is 0 Å². The van der Waals surface area contributed by atoms with E-state index in [9.17, 15) is 13.2 Å². The number of nitrogens with one attached hydrogen (secondary N) is 1. The molecule has 0 aliphatic heterocycles. The molecule has 1 amide bonds. The molecule has 3 rings (SSSR count). The van der Waals surface area contributed by atoms with Gasteiger partial charge in [-0.3, -0.25) is 9.10 Å². The van der Waals surface area contributed by atoms with Crippen LogP contribution in [0.5, 0.6) is 0 Å². The average Bonchev–Trinajstić information content (AvgIpc) is 2.74. The molecule has 0 aliphatic carbocycles. The smallest absolute Gasteiger partial charge is 0.264 e. The molecule has 156 valence electrons. The number of benzene rings is 3. The molecule has 0 bridgehead atoms. The van der Waals surface area contributed by atoms with Gasteiger partial charge >= 0.3 is 0 Å². The van der Waals surface area contributed by atoms with Gasteiger partial charge in [-0.05, 0) is 60.9 Å². The summed E-state index contributed by atoms with van der Waals surface area (Å²) in [5.41, 5.74) is 4.32. The largest absolute Gasteiger partial charge is 0.326 e. The minimum absolute atomic E-state index is 0.118. The van der Waals surface area contributed by atoms with E-state index in [4.69, 9.17) is 0 Å². The fourth-order valence-electron chi connectivity index (χ4n) is 3.05. The Kier molecular flexibility index (Phi) is 6.57. The molecule has 3 aromatic carbocycles. The Bertz CT molecular complexity index is 1100. The van der Waals surface area contributed by atoms with E-state index < -0.39 is 10.0 Å². The van der Waals surface area contributed by atoms with E-state index in [0.717, 1.165) is 23.2 Å². The summed E-state index contributed by atoms with van der Waals surface area (Å²) in [6, 6.07) is 21.5. The maximum atomic E-state index is 12.8. The normalized spacial score (nSPS) is 11.2. The van der Waals surface area contributed by atoms with Crippen molar-refractivity contribution < 1.29 is 13.2 Å². The van der Waals surface area contributed by atoms with Crippen LogP contribution < -0.4 is 9.62 Å². The standard InChI is InChI=1S/C24H26N2O3S/c1-4-19-7-11-21(12-8-19)25-24(27)17-20-9-13-22(14-10-20)26(3)30(28,29)23-15-5-18(2)6-16-23/h5-16H,4,17H2,1-3H3,(H,25,27). The van der Waals surface area contributed by atoms with Crippen LogP contribution in [0.2, 0.25) is 0 Å². The maximum Gasteiger partial charge on any atom is 0.264 e. The van der Waals surface area contributed by atoms with Gasteiger partial charge in [0.05, 0.1) is 17.0 Å².